The smallest absolute Gasteiger partial charge is 0.284 e. The number of likely N-dealkylation sites (tertiary alicyclic amines) is 1. The topological polar surface area (TPSA) is 166 Å². The molecule has 19 heteroatoms. The summed E-state index contributed by atoms with van der Waals surface area (Å²) in [5.41, 5.74) is 2.29. The zero-order chi connectivity index (χ0) is 44.3. The minimum atomic E-state index is -2.89. The number of imide groups is 1. The molecule has 0 spiro atoms. The normalized spacial score (nSPS) is 27.1. The lowest BCUT2D eigenvalue weighted by atomic mass is 9.85. The third kappa shape index (κ3) is 8.24. The summed E-state index contributed by atoms with van der Waals surface area (Å²) in [6.45, 7) is 3.13. The molecule has 1 unspecified atom stereocenters. The first kappa shape index (κ1) is 41.8. The average Bonchev–Trinajstić information content (AvgIpc) is 3.73. The van der Waals surface area contributed by atoms with Gasteiger partial charge in [0.15, 0.2) is 11.3 Å². The Bertz CT molecular complexity index is 2710. The van der Waals surface area contributed by atoms with Gasteiger partial charge in [-0.3, -0.25) is 34.0 Å². The van der Waals surface area contributed by atoms with E-state index in [9.17, 15) is 23.2 Å². The number of morpholine rings is 1. The number of piperidine rings is 2. The van der Waals surface area contributed by atoms with Crippen molar-refractivity contribution in [2.75, 3.05) is 49.6 Å². The van der Waals surface area contributed by atoms with Gasteiger partial charge in [-0.1, -0.05) is 24.0 Å². The fourth-order valence-corrected chi connectivity index (χ4v) is 10.5. The molecule has 5 atom stereocenters. The van der Waals surface area contributed by atoms with Gasteiger partial charge in [0.25, 0.3) is 12.3 Å². The van der Waals surface area contributed by atoms with E-state index in [-0.39, 0.29) is 66.9 Å². The van der Waals surface area contributed by atoms with E-state index in [2.05, 4.69) is 42.5 Å². The summed E-state index contributed by atoms with van der Waals surface area (Å²) in [6, 6.07) is 7.98. The first-order chi connectivity index (χ1) is 31.6. The molecule has 2 N–H and O–H groups in total. The van der Waals surface area contributed by atoms with Crippen molar-refractivity contribution in [3.8, 4) is 11.8 Å². The molecule has 2 saturated carbocycles. The van der Waals surface area contributed by atoms with Crippen LogP contribution >= 0.6 is 0 Å². The molecule has 16 nitrogen and oxygen atoms in total. The Morgan fingerprint density at radius 2 is 1.86 bits per heavy atom. The van der Waals surface area contributed by atoms with E-state index in [1.54, 1.807) is 10.9 Å². The van der Waals surface area contributed by atoms with Gasteiger partial charge < -0.3 is 19.7 Å². The van der Waals surface area contributed by atoms with Crippen LogP contribution in [0, 0.1) is 17.8 Å². The number of halogens is 3. The second-order valence-electron chi connectivity index (χ2n) is 18.4. The van der Waals surface area contributed by atoms with Gasteiger partial charge in [0, 0.05) is 50.4 Å². The number of hydrogen-bond acceptors (Lipinski definition) is 11. The number of para-hydroxylation sites is 1. The summed E-state index contributed by atoms with van der Waals surface area (Å²) in [7, 11) is 0. The van der Waals surface area contributed by atoms with E-state index in [0.29, 0.717) is 43.3 Å². The van der Waals surface area contributed by atoms with Crippen LogP contribution in [0.3, 0.4) is 0 Å². The molecule has 4 aliphatic heterocycles. The maximum absolute atomic E-state index is 15.6. The van der Waals surface area contributed by atoms with Crippen LogP contribution in [0.25, 0.3) is 16.6 Å². The molecule has 4 saturated heterocycles. The molecule has 6 fully saturated rings. The molecule has 0 radical (unpaired) electrons. The van der Waals surface area contributed by atoms with Crippen LogP contribution in [-0.2, 0) is 19.1 Å². The highest BCUT2D eigenvalue weighted by Crippen LogP contribution is 2.41. The Labute approximate surface area is 372 Å². The lowest BCUT2D eigenvalue weighted by Crippen LogP contribution is -2.47. The molecule has 11 rings (SSSR count). The highest BCUT2D eigenvalue weighted by molar-refractivity contribution is 6.08. The average molecular weight is 894 g/mol. The zero-order valence-corrected chi connectivity index (χ0v) is 35.8. The number of benzene rings is 1. The Hall–Kier alpha value is -5.84. The fraction of sp³-hybridized carbons (Fsp3) is 0.543. The van der Waals surface area contributed by atoms with Crippen molar-refractivity contribution in [2.24, 2.45) is 5.92 Å². The van der Waals surface area contributed by atoms with Crippen molar-refractivity contribution >= 4 is 45.8 Å². The second kappa shape index (κ2) is 17.2. The van der Waals surface area contributed by atoms with Crippen molar-refractivity contribution < 1.29 is 37.0 Å². The number of ether oxygens (including phenoxy) is 2. The number of hydrogen-bond donors (Lipinski definition) is 2. The molecule has 5 aromatic rings. The van der Waals surface area contributed by atoms with Gasteiger partial charge in [-0.05, 0) is 75.8 Å². The van der Waals surface area contributed by atoms with Gasteiger partial charge in [-0.25, -0.2) is 22.7 Å². The van der Waals surface area contributed by atoms with Crippen molar-refractivity contribution in [1.82, 2.24) is 44.4 Å². The quantitative estimate of drug-likeness (QED) is 0.127. The van der Waals surface area contributed by atoms with E-state index in [4.69, 9.17) is 19.6 Å². The van der Waals surface area contributed by atoms with Gasteiger partial charge in [0.1, 0.15) is 24.2 Å². The number of rotatable bonds is 11. The summed E-state index contributed by atoms with van der Waals surface area (Å²) < 4.78 is 60.9. The summed E-state index contributed by atoms with van der Waals surface area (Å²) in [5.74, 6) is 5.69. The van der Waals surface area contributed by atoms with Crippen LogP contribution < -0.4 is 15.5 Å². The van der Waals surface area contributed by atoms with E-state index in [1.807, 2.05) is 28.9 Å². The number of nitrogens with one attached hydrogen (secondary N) is 2. The van der Waals surface area contributed by atoms with Crippen LogP contribution in [0.4, 0.5) is 24.7 Å². The van der Waals surface area contributed by atoms with Gasteiger partial charge >= 0.3 is 0 Å². The predicted octanol–water partition coefficient (Wildman–Crippen LogP) is 5.51. The number of fused-ring (bicyclic) bond motifs is 4. The van der Waals surface area contributed by atoms with E-state index >= 15 is 4.39 Å². The molecule has 65 heavy (non-hydrogen) atoms. The summed E-state index contributed by atoms with van der Waals surface area (Å²) in [4.78, 5) is 47.2. The number of amides is 3. The van der Waals surface area contributed by atoms with Crippen LogP contribution in [0.5, 0.6) is 0 Å². The van der Waals surface area contributed by atoms with E-state index in [1.165, 1.54) is 16.9 Å². The molecule has 340 valence electrons. The molecular formula is C46H50F3N11O5. The second-order valence-corrected chi connectivity index (χ2v) is 18.4. The summed E-state index contributed by atoms with van der Waals surface area (Å²) in [5, 5.41) is 19.4. The van der Waals surface area contributed by atoms with Crippen LogP contribution in [-0.4, -0.2) is 121 Å². The number of carbonyl (C=O) groups is 3. The van der Waals surface area contributed by atoms with Crippen LogP contribution in [0.15, 0.2) is 42.9 Å². The third-order valence-corrected chi connectivity index (χ3v) is 14.1. The predicted molar refractivity (Wildman–Crippen MR) is 230 cm³/mol. The number of nitrogens with zero attached hydrogens (tertiary/aromatic N) is 9. The number of carbonyl (C=O) groups excluding carboxylic acids is 3. The first-order valence-electron chi connectivity index (χ1n) is 22.9. The molecular weight excluding hydrogens is 844 g/mol. The molecule has 8 heterocycles. The third-order valence-electron chi connectivity index (χ3n) is 14.1. The Balaban J connectivity index is 0.670. The van der Waals surface area contributed by atoms with E-state index < -0.39 is 36.2 Å². The molecule has 1 aromatic carbocycles. The lowest BCUT2D eigenvalue weighted by Gasteiger charge is -2.38. The van der Waals surface area contributed by atoms with Crippen LogP contribution in [0.1, 0.15) is 116 Å². The SMILES string of the molecule is O=C1CCC(c2nn(C3CC3)c3c(C#CCO[C@@H]4CCN(CC5CCC(n6cc(NC(=O)c7cnn8ccc(N9C[C@H]%10C[C@@H]9CO%10)nc78)c(C(F)F)n6)CC5)C[C@H]4F)cccc23)C(=O)N1. The van der Waals surface area contributed by atoms with Crippen molar-refractivity contribution in [3.63, 3.8) is 0 Å². The van der Waals surface area contributed by atoms with E-state index in [0.717, 1.165) is 80.3 Å². The van der Waals surface area contributed by atoms with Gasteiger partial charge in [0.05, 0.1) is 71.5 Å². The first-order valence-corrected chi connectivity index (χ1v) is 22.9. The molecule has 4 aromatic heterocycles. The number of alkyl halides is 3. The minimum Gasteiger partial charge on any atom is -0.374 e. The Morgan fingerprint density at radius 1 is 1.02 bits per heavy atom. The maximum Gasteiger partial charge on any atom is 0.284 e. The molecule has 2 bridgehead atoms. The zero-order valence-electron chi connectivity index (χ0n) is 35.8. The van der Waals surface area contributed by atoms with Crippen molar-refractivity contribution in [3.05, 3.63) is 65.4 Å². The molecule has 2 aliphatic carbocycles. The summed E-state index contributed by atoms with van der Waals surface area (Å²) >= 11 is 0. The molecule has 3 amide bonds. The van der Waals surface area contributed by atoms with Gasteiger partial charge in [0.2, 0.25) is 11.8 Å². The summed E-state index contributed by atoms with van der Waals surface area (Å²) in [6.07, 6.45) is 7.45. The standard InChI is InChI=1S/C46H50F3N11O5/c47-35-23-56(16-14-37(35)64-18-2-4-27-3-1-5-32-40(33-12-13-39(61)53-45(33)62)55-60(42(27)32)29-10-11-29)21-26-6-8-28(9-7-26)59-24-36(41(54-59)43(48)49)51-46(63)34-20-50-58-17-15-38(52-44(34)58)57-22-31-19-30(57)25-65-31/h1,3,5,15,17,20,24,26,28-31,33,35,37,43H,6-14,16,18-19,21-23,25H2,(H,51,63)(H,53,61,62)/t26?,28?,30-,31-,33?,35-,37-/m1/s1. The monoisotopic (exact) mass is 893 g/mol. The van der Waals surface area contributed by atoms with Crippen LogP contribution in [0.2, 0.25) is 0 Å². The van der Waals surface area contributed by atoms with Gasteiger partial charge in [-0.15, -0.1) is 0 Å². The lowest BCUT2D eigenvalue weighted by molar-refractivity contribution is -0.134. The highest BCUT2D eigenvalue weighted by Gasteiger charge is 2.40. The largest absolute Gasteiger partial charge is 0.374 e. The number of anilines is 2. The van der Waals surface area contributed by atoms with Gasteiger partial charge in [-0.2, -0.15) is 15.3 Å². The molecule has 6 aliphatic rings. The van der Waals surface area contributed by atoms with Crippen molar-refractivity contribution in [2.45, 2.75) is 113 Å². The maximum atomic E-state index is 15.6. The fourth-order valence-electron chi connectivity index (χ4n) is 10.5. The number of aromatic nitrogens is 7. The highest BCUT2D eigenvalue weighted by atomic mass is 19.3. The minimum absolute atomic E-state index is 0.0410. The Morgan fingerprint density at radius 3 is 2.62 bits per heavy atom. The Kier molecular flexibility index (Phi) is 11.1. The van der Waals surface area contributed by atoms with Crippen molar-refractivity contribution in [1.29, 1.82) is 0 Å².